The number of aliphatic hydroxyl groups is 1. The highest BCUT2D eigenvalue weighted by atomic mass is 32.1. The van der Waals surface area contributed by atoms with E-state index in [9.17, 15) is 4.79 Å². The smallest absolute Gasteiger partial charge is 0.226 e. The average molecular weight is 236 g/mol. The van der Waals surface area contributed by atoms with E-state index in [-0.39, 0.29) is 12.5 Å². The summed E-state index contributed by atoms with van der Waals surface area (Å²) >= 11 is 1.32. The number of aromatic nitrogens is 1. The maximum atomic E-state index is 11.5. The zero-order valence-electron chi connectivity index (χ0n) is 8.69. The zero-order valence-corrected chi connectivity index (χ0v) is 9.51. The van der Waals surface area contributed by atoms with Crippen LogP contribution in [-0.4, -0.2) is 22.6 Å². The van der Waals surface area contributed by atoms with Crippen LogP contribution in [0.1, 0.15) is 24.1 Å². The van der Waals surface area contributed by atoms with E-state index in [4.69, 9.17) is 5.11 Å². The third-order valence-corrected chi connectivity index (χ3v) is 3.04. The monoisotopic (exact) mass is 236 g/mol. The number of anilines is 1. The number of hydrogen-bond acceptors (Lipinski definition) is 4. The first-order valence-corrected chi connectivity index (χ1v) is 5.95. The van der Waals surface area contributed by atoms with Crippen molar-refractivity contribution in [3.63, 3.8) is 0 Å². The summed E-state index contributed by atoms with van der Waals surface area (Å²) in [6.45, 7) is -0.165. The van der Waals surface area contributed by atoms with Crippen LogP contribution < -0.4 is 5.32 Å². The van der Waals surface area contributed by atoms with Crippen LogP contribution in [0.2, 0.25) is 0 Å². The second kappa shape index (κ2) is 5.10. The van der Waals surface area contributed by atoms with Gasteiger partial charge in [0, 0.05) is 6.42 Å². The summed E-state index contributed by atoms with van der Waals surface area (Å²) in [5.41, 5.74) is 0. The van der Waals surface area contributed by atoms with Crippen LogP contribution in [0.5, 0.6) is 0 Å². The van der Waals surface area contributed by atoms with Crippen LogP contribution in [0, 0.1) is 17.8 Å². The van der Waals surface area contributed by atoms with Crippen LogP contribution in [-0.2, 0) is 4.79 Å². The van der Waals surface area contributed by atoms with Crippen molar-refractivity contribution in [3.8, 4) is 11.8 Å². The maximum absolute atomic E-state index is 11.5. The van der Waals surface area contributed by atoms with Gasteiger partial charge in [0.1, 0.15) is 6.61 Å². The van der Waals surface area contributed by atoms with Crippen molar-refractivity contribution in [2.24, 2.45) is 5.92 Å². The number of hydrogen-bond donors (Lipinski definition) is 2. The molecule has 0 aliphatic heterocycles. The van der Waals surface area contributed by atoms with Gasteiger partial charge in [0.25, 0.3) is 0 Å². The number of nitrogens with zero attached hydrogens (tertiary/aromatic N) is 1. The van der Waals surface area contributed by atoms with Gasteiger partial charge in [0.05, 0.1) is 11.1 Å². The first kappa shape index (κ1) is 11.1. The molecule has 1 saturated carbocycles. The highest BCUT2D eigenvalue weighted by Crippen LogP contribution is 2.32. The molecule has 0 bridgehead atoms. The first-order valence-electron chi connectivity index (χ1n) is 5.13. The standard InChI is InChI=1S/C11H12N2O2S/c14-5-1-2-9-7-12-11(16-9)13-10(15)6-8-3-4-8/h7-8,14H,3-6H2,(H,12,13,15). The van der Waals surface area contributed by atoms with E-state index in [1.807, 2.05) is 0 Å². The number of carbonyl (C=O) groups is 1. The van der Waals surface area contributed by atoms with Gasteiger partial charge in [-0.25, -0.2) is 4.98 Å². The minimum atomic E-state index is -0.165. The molecule has 2 N–H and O–H groups in total. The molecule has 4 nitrogen and oxygen atoms in total. The molecule has 0 spiro atoms. The van der Waals surface area contributed by atoms with E-state index in [1.54, 1.807) is 6.20 Å². The largest absolute Gasteiger partial charge is 0.384 e. The highest BCUT2D eigenvalue weighted by molar-refractivity contribution is 7.16. The molecule has 0 atom stereocenters. The Morgan fingerprint density at radius 1 is 1.69 bits per heavy atom. The Morgan fingerprint density at radius 3 is 3.19 bits per heavy atom. The van der Waals surface area contributed by atoms with Crippen molar-refractivity contribution >= 4 is 22.4 Å². The molecule has 16 heavy (non-hydrogen) atoms. The second-order valence-electron chi connectivity index (χ2n) is 3.69. The van der Waals surface area contributed by atoms with Crippen LogP contribution in [0.3, 0.4) is 0 Å². The Morgan fingerprint density at radius 2 is 2.50 bits per heavy atom. The maximum Gasteiger partial charge on any atom is 0.226 e. The van der Waals surface area contributed by atoms with Crippen LogP contribution in [0.25, 0.3) is 0 Å². The van der Waals surface area contributed by atoms with E-state index in [2.05, 4.69) is 22.1 Å². The minimum Gasteiger partial charge on any atom is -0.384 e. The molecule has 84 valence electrons. The van der Waals surface area contributed by atoms with Crippen molar-refractivity contribution in [2.45, 2.75) is 19.3 Å². The van der Waals surface area contributed by atoms with E-state index < -0.39 is 0 Å². The molecule has 0 unspecified atom stereocenters. The summed E-state index contributed by atoms with van der Waals surface area (Å²) in [7, 11) is 0. The highest BCUT2D eigenvalue weighted by Gasteiger charge is 2.24. The number of nitrogens with one attached hydrogen (secondary N) is 1. The van der Waals surface area contributed by atoms with E-state index in [0.29, 0.717) is 17.5 Å². The molecule has 1 aliphatic rings. The Balaban J connectivity index is 1.88. The Kier molecular flexibility index (Phi) is 3.54. The first-order chi connectivity index (χ1) is 7.78. The van der Waals surface area contributed by atoms with E-state index >= 15 is 0 Å². The molecule has 0 aromatic carbocycles. The van der Waals surface area contributed by atoms with E-state index in [0.717, 1.165) is 4.88 Å². The molecule has 1 aromatic heterocycles. The van der Waals surface area contributed by atoms with Gasteiger partial charge in [0.2, 0.25) is 5.91 Å². The molecule has 0 radical (unpaired) electrons. The summed E-state index contributed by atoms with van der Waals surface area (Å²) in [4.78, 5) is 16.3. The number of thiazole rings is 1. The summed E-state index contributed by atoms with van der Waals surface area (Å²) < 4.78 is 0. The lowest BCUT2D eigenvalue weighted by molar-refractivity contribution is -0.116. The van der Waals surface area contributed by atoms with Crippen molar-refractivity contribution in [2.75, 3.05) is 11.9 Å². The number of carbonyl (C=O) groups excluding carboxylic acids is 1. The molecule has 1 aromatic rings. The van der Waals surface area contributed by atoms with Crippen molar-refractivity contribution in [1.82, 2.24) is 4.98 Å². The molecule has 1 fully saturated rings. The molecule has 1 aliphatic carbocycles. The average Bonchev–Trinajstić information content (AvgIpc) is 2.94. The predicted molar refractivity (Wildman–Crippen MR) is 62.0 cm³/mol. The lowest BCUT2D eigenvalue weighted by Gasteiger charge is -1.98. The summed E-state index contributed by atoms with van der Waals surface area (Å²) in [5.74, 6) is 5.89. The molecule has 1 amide bonds. The van der Waals surface area contributed by atoms with Gasteiger partial charge in [-0.05, 0) is 18.8 Å². The van der Waals surface area contributed by atoms with Crippen LogP contribution in [0.15, 0.2) is 6.20 Å². The lowest BCUT2D eigenvalue weighted by atomic mass is 10.3. The molecule has 1 heterocycles. The molecular weight excluding hydrogens is 224 g/mol. The van der Waals surface area contributed by atoms with Crippen molar-refractivity contribution in [3.05, 3.63) is 11.1 Å². The predicted octanol–water partition coefficient (Wildman–Crippen LogP) is 1.23. The Labute approximate surface area is 97.7 Å². The quantitative estimate of drug-likeness (QED) is 0.776. The molecule has 2 rings (SSSR count). The van der Waals surface area contributed by atoms with Gasteiger partial charge < -0.3 is 10.4 Å². The van der Waals surface area contributed by atoms with Crippen molar-refractivity contribution < 1.29 is 9.90 Å². The Bertz CT molecular complexity index is 440. The third kappa shape index (κ3) is 3.33. The fourth-order valence-electron chi connectivity index (χ4n) is 1.27. The fourth-order valence-corrected chi connectivity index (χ4v) is 1.98. The van der Waals surface area contributed by atoms with Gasteiger partial charge in [-0.3, -0.25) is 4.79 Å². The van der Waals surface area contributed by atoms with Crippen LogP contribution in [0.4, 0.5) is 5.13 Å². The second-order valence-corrected chi connectivity index (χ2v) is 4.72. The van der Waals surface area contributed by atoms with Gasteiger partial charge >= 0.3 is 0 Å². The number of aliphatic hydroxyl groups excluding tert-OH is 1. The van der Waals surface area contributed by atoms with Gasteiger partial charge in [-0.15, -0.1) is 0 Å². The normalized spacial score (nSPS) is 14.1. The molecule has 0 saturated heterocycles. The van der Waals surface area contributed by atoms with Crippen molar-refractivity contribution in [1.29, 1.82) is 0 Å². The third-order valence-electron chi connectivity index (χ3n) is 2.21. The van der Waals surface area contributed by atoms with Gasteiger partial charge in [0.15, 0.2) is 5.13 Å². The van der Waals surface area contributed by atoms with Crippen LogP contribution >= 0.6 is 11.3 Å². The number of amides is 1. The lowest BCUT2D eigenvalue weighted by Crippen LogP contribution is -2.11. The van der Waals surface area contributed by atoms with Gasteiger partial charge in [-0.2, -0.15) is 0 Å². The fraction of sp³-hybridized carbons (Fsp3) is 0.455. The SMILES string of the molecule is O=C(CC1CC1)Nc1ncc(C#CCO)s1. The summed E-state index contributed by atoms with van der Waals surface area (Å²) in [6.07, 6.45) is 4.52. The van der Waals surface area contributed by atoms with E-state index in [1.165, 1.54) is 24.2 Å². The number of rotatable bonds is 3. The van der Waals surface area contributed by atoms with Gasteiger partial charge in [-0.1, -0.05) is 23.2 Å². The zero-order chi connectivity index (χ0) is 11.4. The summed E-state index contributed by atoms with van der Waals surface area (Å²) in [5, 5.41) is 11.9. The topological polar surface area (TPSA) is 62.2 Å². The Hall–Kier alpha value is -1.38. The molecular formula is C11H12N2O2S. The summed E-state index contributed by atoms with van der Waals surface area (Å²) in [6, 6.07) is 0. The molecule has 5 heteroatoms. The minimum absolute atomic E-state index is 0.0264.